The minimum Gasteiger partial charge on any atom is -0.448 e. The highest BCUT2D eigenvalue weighted by Crippen LogP contribution is 1.91. The van der Waals surface area contributed by atoms with Gasteiger partial charge < -0.3 is 15.8 Å². The summed E-state index contributed by atoms with van der Waals surface area (Å²) in [6.45, 7) is 1.50. The van der Waals surface area contributed by atoms with E-state index in [1.165, 1.54) is 0 Å². The number of primary amides is 1. The molecule has 0 fully saturated rings. The second-order valence-corrected chi connectivity index (χ2v) is 2.67. The summed E-state index contributed by atoms with van der Waals surface area (Å²) in [7, 11) is 0. The molecule has 14 heavy (non-hydrogen) atoms. The largest absolute Gasteiger partial charge is 0.448 e. The molecule has 0 bridgehead atoms. The lowest BCUT2D eigenvalue weighted by atomic mass is 10.3. The van der Waals surface area contributed by atoms with Crippen LogP contribution in [0.4, 0.5) is 4.79 Å². The van der Waals surface area contributed by atoms with Crippen LogP contribution in [0.25, 0.3) is 0 Å². The molecular weight excluding hydrogens is 182 g/mol. The van der Waals surface area contributed by atoms with Crippen LogP contribution >= 0.6 is 0 Å². The lowest BCUT2D eigenvalue weighted by Gasteiger charge is -2.03. The SMILES string of the molecule is NC(=O)OCCNCc1ccccn1. The van der Waals surface area contributed by atoms with Crippen LogP contribution in [0.1, 0.15) is 5.69 Å². The Hall–Kier alpha value is -1.62. The minimum absolute atomic E-state index is 0.280. The van der Waals surface area contributed by atoms with Gasteiger partial charge in [0.25, 0.3) is 0 Å². The van der Waals surface area contributed by atoms with E-state index in [4.69, 9.17) is 5.73 Å². The Bertz CT molecular complexity index is 277. The molecular formula is C9H13N3O2. The van der Waals surface area contributed by atoms with Gasteiger partial charge in [0.1, 0.15) is 6.61 Å². The van der Waals surface area contributed by atoms with Gasteiger partial charge in [-0.2, -0.15) is 0 Å². The highest BCUT2D eigenvalue weighted by molar-refractivity contribution is 5.64. The van der Waals surface area contributed by atoms with Crippen LogP contribution in [0.15, 0.2) is 24.4 Å². The van der Waals surface area contributed by atoms with E-state index in [1.807, 2.05) is 18.2 Å². The van der Waals surface area contributed by atoms with Crippen molar-refractivity contribution in [2.75, 3.05) is 13.2 Å². The molecule has 1 amide bonds. The van der Waals surface area contributed by atoms with Gasteiger partial charge >= 0.3 is 6.09 Å². The second-order valence-electron chi connectivity index (χ2n) is 2.67. The molecule has 1 aromatic heterocycles. The highest BCUT2D eigenvalue weighted by Gasteiger charge is 1.94. The van der Waals surface area contributed by atoms with Gasteiger partial charge in [-0.15, -0.1) is 0 Å². The predicted molar refractivity (Wildman–Crippen MR) is 51.5 cm³/mol. The van der Waals surface area contributed by atoms with Crippen molar-refractivity contribution < 1.29 is 9.53 Å². The molecule has 3 N–H and O–H groups in total. The molecule has 0 radical (unpaired) electrons. The number of aromatic nitrogens is 1. The van der Waals surface area contributed by atoms with E-state index in [0.717, 1.165) is 5.69 Å². The Morgan fingerprint density at radius 1 is 1.57 bits per heavy atom. The van der Waals surface area contributed by atoms with E-state index >= 15 is 0 Å². The zero-order chi connectivity index (χ0) is 10.2. The molecule has 0 spiro atoms. The molecule has 5 nitrogen and oxygen atoms in total. The fraction of sp³-hybridized carbons (Fsp3) is 0.333. The molecule has 0 saturated carbocycles. The summed E-state index contributed by atoms with van der Waals surface area (Å²) in [6, 6.07) is 5.70. The Balaban J connectivity index is 2.08. The van der Waals surface area contributed by atoms with Crippen LogP contribution in [0, 0.1) is 0 Å². The first-order valence-corrected chi connectivity index (χ1v) is 4.32. The molecule has 0 aromatic carbocycles. The van der Waals surface area contributed by atoms with E-state index in [-0.39, 0.29) is 6.61 Å². The molecule has 0 atom stereocenters. The van der Waals surface area contributed by atoms with Crippen molar-refractivity contribution >= 4 is 6.09 Å². The van der Waals surface area contributed by atoms with Crippen LogP contribution < -0.4 is 11.1 Å². The summed E-state index contributed by atoms with van der Waals surface area (Å²) in [6.07, 6.45) is 0.987. The van der Waals surface area contributed by atoms with Crippen LogP contribution in [-0.4, -0.2) is 24.2 Å². The second kappa shape index (κ2) is 5.93. The maximum Gasteiger partial charge on any atom is 0.404 e. The van der Waals surface area contributed by atoms with Gasteiger partial charge in [0.15, 0.2) is 0 Å². The molecule has 0 saturated heterocycles. The third-order valence-corrected chi connectivity index (χ3v) is 1.56. The summed E-state index contributed by atoms with van der Waals surface area (Å²) in [5.74, 6) is 0. The lowest BCUT2D eigenvalue weighted by molar-refractivity contribution is 0.157. The zero-order valence-corrected chi connectivity index (χ0v) is 7.77. The van der Waals surface area contributed by atoms with E-state index in [2.05, 4.69) is 15.0 Å². The zero-order valence-electron chi connectivity index (χ0n) is 7.77. The standard InChI is InChI=1S/C9H13N3O2/c10-9(13)14-6-5-11-7-8-3-1-2-4-12-8/h1-4,11H,5-7H2,(H2,10,13). The maximum absolute atomic E-state index is 10.2. The van der Waals surface area contributed by atoms with Crippen molar-refractivity contribution in [2.45, 2.75) is 6.54 Å². The van der Waals surface area contributed by atoms with Crippen molar-refractivity contribution in [1.29, 1.82) is 0 Å². The topological polar surface area (TPSA) is 77.2 Å². The summed E-state index contributed by atoms with van der Waals surface area (Å²) in [4.78, 5) is 14.3. The number of pyridine rings is 1. The van der Waals surface area contributed by atoms with Gasteiger partial charge in [-0.3, -0.25) is 4.98 Å². The number of nitrogens with two attached hydrogens (primary N) is 1. The first kappa shape index (κ1) is 10.5. The van der Waals surface area contributed by atoms with Crippen LogP contribution in [0.2, 0.25) is 0 Å². The van der Waals surface area contributed by atoms with Crippen LogP contribution in [-0.2, 0) is 11.3 Å². The van der Waals surface area contributed by atoms with Crippen molar-refractivity contribution in [3.63, 3.8) is 0 Å². The quantitative estimate of drug-likeness (QED) is 0.661. The number of carbonyl (C=O) groups is 1. The van der Waals surface area contributed by atoms with E-state index in [1.54, 1.807) is 6.20 Å². The molecule has 1 heterocycles. The summed E-state index contributed by atoms with van der Waals surface area (Å²) < 4.78 is 4.54. The van der Waals surface area contributed by atoms with Crippen molar-refractivity contribution in [2.24, 2.45) is 5.73 Å². The smallest absolute Gasteiger partial charge is 0.404 e. The molecule has 5 heteroatoms. The monoisotopic (exact) mass is 195 g/mol. The Morgan fingerprint density at radius 3 is 3.07 bits per heavy atom. The lowest BCUT2D eigenvalue weighted by Crippen LogP contribution is -2.23. The third kappa shape index (κ3) is 4.42. The van der Waals surface area contributed by atoms with Gasteiger partial charge in [-0.1, -0.05) is 6.07 Å². The Labute approximate surface area is 82.3 Å². The summed E-state index contributed by atoms with van der Waals surface area (Å²) in [5, 5.41) is 3.06. The number of rotatable bonds is 5. The number of hydrogen-bond acceptors (Lipinski definition) is 4. The number of nitrogens with zero attached hydrogens (tertiary/aromatic N) is 1. The number of carbonyl (C=O) groups excluding carboxylic acids is 1. The molecule has 1 rings (SSSR count). The van der Waals surface area contributed by atoms with E-state index in [9.17, 15) is 4.79 Å². The van der Waals surface area contributed by atoms with Crippen molar-refractivity contribution in [3.05, 3.63) is 30.1 Å². The average molecular weight is 195 g/mol. The predicted octanol–water partition coefficient (Wildman–Crippen LogP) is 0.266. The number of ether oxygens (including phenoxy) is 1. The molecule has 0 aliphatic carbocycles. The first-order valence-electron chi connectivity index (χ1n) is 4.32. The molecule has 0 aliphatic rings. The maximum atomic E-state index is 10.2. The Morgan fingerprint density at radius 2 is 2.43 bits per heavy atom. The van der Waals surface area contributed by atoms with Gasteiger partial charge in [0, 0.05) is 19.3 Å². The van der Waals surface area contributed by atoms with Gasteiger partial charge in [0.05, 0.1) is 5.69 Å². The summed E-state index contributed by atoms with van der Waals surface area (Å²) in [5.41, 5.74) is 5.74. The molecule has 0 aliphatic heterocycles. The fourth-order valence-electron chi connectivity index (χ4n) is 0.943. The van der Waals surface area contributed by atoms with Crippen molar-refractivity contribution in [3.8, 4) is 0 Å². The fourth-order valence-corrected chi connectivity index (χ4v) is 0.943. The van der Waals surface area contributed by atoms with Crippen LogP contribution in [0.3, 0.4) is 0 Å². The molecule has 0 unspecified atom stereocenters. The number of nitrogens with one attached hydrogen (secondary N) is 1. The van der Waals surface area contributed by atoms with E-state index in [0.29, 0.717) is 13.1 Å². The highest BCUT2D eigenvalue weighted by atomic mass is 16.5. The van der Waals surface area contributed by atoms with Gasteiger partial charge in [-0.25, -0.2) is 4.79 Å². The first-order chi connectivity index (χ1) is 6.79. The van der Waals surface area contributed by atoms with Gasteiger partial charge in [-0.05, 0) is 12.1 Å². The van der Waals surface area contributed by atoms with Crippen molar-refractivity contribution in [1.82, 2.24) is 10.3 Å². The molecule has 1 aromatic rings. The van der Waals surface area contributed by atoms with Gasteiger partial charge in [0.2, 0.25) is 0 Å². The molecule has 76 valence electrons. The minimum atomic E-state index is -0.746. The average Bonchev–Trinajstić information content (AvgIpc) is 2.18. The summed E-state index contributed by atoms with van der Waals surface area (Å²) >= 11 is 0. The number of hydrogen-bond donors (Lipinski definition) is 2. The number of amides is 1. The Kier molecular flexibility index (Phi) is 4.43. The normalized spacial score (nSPS) is 9.71. The third-order valence-electron chi connectivity index (χ3n) is 1.56. The van der Waals surface area contributed by atoms with Crippen LogP contribution in [0.5, 0.6) is 0 Å². The van der Waals surface area contributed by atoms with E-state index < -0.39 is 6.09 Å².